The summed E-state index contributed by atoms with van der Waals surface area (Å²) in [4.78, 5) is 53.7. The average molecular weight is 602 g/mol. The normalized spacial score (nSPS) is 14.8. The number of hydrogen-bond acceptors (Lipinski definition) is 10. The lowest BCUT2D eigenvalue weighted by Gasteiger charge is -2.24. The lowest BCUT2D eigenvalue weighted by Crippen LogP contribution is -2.40. The summed E-state index contributed by atoms with van der Waals surface area (Å²) in [6, 6.07) is 6.51. The number of ether oxygens (including phenoxy) is 3. The third kappa shape index (κ3) is 5.86. The molecule has 0 bridgehead atoms. The summed E-state index contributed by atoms with van der Waals surface area (Å²) in [6.07, 6.45) is 1.54. The first-order chi connectivity index (χ1) is 19.5. The van der Waals surface area contributed by atoms with E-state index in [-0.39, 0.29) is 43.7 Å². The lowest BCUT2D eigenvalue weighted by atomic mass is 9.94. The standard InChI is InChI=1S/C27H24ClN3O9S/c1-5-39-26(35)22-14(3)29-27-30(23(22)16-7-6-13(2)18(11-16)31(36)37)25(34)20(41-27)10-15-8-17(28)24(19(9-15)38-4)40-12-21(32)33/h6-11,23H,5,12H2,1-4H3,(H,32,33)/b20-10+/t23-/m1/s1. The fourth-order valence-corrected chi connectivity index (χ4v) is 5.67. The summed E-state index contributed by atoms with van der Waals surface area (Å²) < 4.78 is 17.3. The van der Waals surface area contributed by atoms with Crippen molar-refractivity contribution in [3.05, 3.63) is 93.1 Å². The quantitative estimate of drug-likeness (QED) is 0.221. The molecular weight excluding hydrogens is 578 g/mol. The molecular formula is C27H24ClN3O9S. The van der Waals surface area contributed by atoms with E-state index in [9.17, 15) is 24.5 Å². The van der Waals surface area contributed by atoms with Gasteiger partial charge < -0.3 is 19.3 Å². The zero-order valence-corrected chi connectivity index (χ0v) is 23.9. The van der Waals surface area contributed by atoms with Crippen LogP contribution in [-0.4, -0.2) is 46.9 Å². The van der Waals surface area contributed by atoms with Crippen LogP contribution in [0.1, 0.15) is 36.6 Å². The van der Waals surface area contributed by atoms with Gasteiger partial charge in [0.2, 0.25) is 0 Å². The maximum Gasteiger partial charge on any atom is 0.341 e. The van der Waals surface area contributed by atoms with Crippen molar-refractivity contribution in [2.45, 2.75) is 26.8 Å². The maximum atomic E-state index is 13.8. The van der Waals surface area contributed by atoms with E-state index in [1.54, 1.807) is 32.9 Å². The van der Waals surface area contributed by atoms with Crippen molar-refractivity contribution in [2.75, 3.05) is 20.3 Å². The minimum absolute atomic E-state index is 0.0332. The number of benzene rings is 2. The number of aromatic nitrogens is 1. The topological polar surface area (TPSA) is 160 Å². The second kappa shape index (κ2) is 11.9. The van der Waals surface area contributed by atoms with Gasteiger partial charge in [0.25, 0.3) is 11.2 Å². The van der Waals surface area contributed by atoms with E-state index in [4.69, 9.17) is 30.9 Å². The molecule has 0 amide bonds. The molecule has 1 atom stereocenters. The number of aliphatic carboxylic acids is 1. The lowest BCUT2D eigenvalue weighted by molar-refractivity contribution is -0.385. The van der Waals surface area contributed by atoms with Crippen molar-refractivity contribution in [1.82, 2.24) is 4.57 Å². The molecule has 1 aromatic heterocycles. The number of allylic oxidation sites excluding steroid dienone is 1. The van der Waals surface area contributed by atoms with E-state index in [1.807, 2.05) is 0 Å². The molecule has 0 fully saturated rings. The third-order valence-electron chi connectivity index (χ3n) is 6.15. The van der Waals surface area contributed by atoms with E-state index in [2.05, 4.69) is 4.99 Å². The van der Waals surface area contributed by atoms with Crippen LogP contribution in [0.3, 0.4) is 0 Å². The molecule has 12 nitrogen and oxygen atoms in total. The van der Waals surface area contributed by atoms with E-state index in [1.165, 1.54) is 36.0 Å². The Balaban J connectivity index is 1.92. The Kier molecular flexibility index (Phi) is 8.59. The van der Waals surface area contributed by atoms with E-state index >= 15 is 0 Å². The number of fused-ring (bicyclic) bond motifs is 1. The van der Waals surface area contributed by atoms with Crippen molar-refractivity contribution in [1.29, 1.82) is 0 Å². The minimum atomic E-state index is -1.20. The molecule has 0 unspecified atom stereocenters. The second-order valence-corrected chi connectivity index (χ2v) is 10.2. The summed E-state index contributed by atoms with van der Waals surface area (Å²) in [5.74, 6) is -1.70. The van der Waals surface area contributed by atoms with Crippen LogP contribution in [-0.2, 0) is 14.3 Å². The van der Waals surface area contributed by atoms with Gasteiger partial charge in [-0.15, -0.1) is 0 Å². The van der Waals surface area contributed by atoms with Gasteiger partial charge in [0, 0.05) is 11.6 Å². The molecule has 1 aliphatic heterocycles. The molecule has 0 radical (unpaired) electrons. The predicted octanol–water partition coefficient (Wildman–Crippen LogP) is 3.14. The number of aryl methyl sites for hydroxylation is 1. The number of nitro groups is 1. The monoisotopic (exact) mass is 601 g/mol. The number of esters is 1. The van der Waals surface area contributed by atoms with Crippen LogP contribution >= 0.6 is 22.9 Å². The number of methoxy groups -OCH3 is 1. The highest BCUT2D eigenvalue weighted by molar-refractivity contribution is 7.07. The Bertz CT molecular complexity index is 1790. The molecule has 14 heteroatoms. The first kappa shape index (κ1) is 29.5. The SMILES string of the molecule is CCOC(=O)C1=C(C)N=c2s/c(=C/c3cc(Cl)c(OCC(=O)O)c(OC)c3)c(=O)n2[C@@H]1c1ccc(C)c([N+](=O)[O-])c1. The van der Waals surface area contributed by atoms with Gasteiger partial charge in [-0.2, -0.15) is 0 Å². The molecule has 1 aliphatic rings. The van der Waals surface area contributed by atoms with E-state index < -0.39 is 35.1 Å². The fourth-order valence-electron chi connectivity index (χ4n) is 4.35. The predicted molar refractivity (Wildman–Crippen MR) is 149 cm³/mol. The van der Waals surface area contributed by atoms with Gasteiger partial charge in [0.1, 0.15) is 0 Å². The number of halogens is 1. The second-order valence-electron chi connectivity index (χ2n) is 8.82. The van der Waals surface area contributed by atoms with Gasteiger partial charge in [-0.1, -0.05) is 35.1 Å². The van der Waals surface area contributed by atoms with Crippen LogP contribution < -0.4 is 24.4 Å². The Labute approximate surface area is 241 Å². The van der Waals surface area contributed by atoms with Gasteiger partial charge in [-0.3, -0.25) is 19.5 Å². The summed E-state index contributed by atoms with van der Waals surface area (Å²) in [7, 11) is 1.36. The number of thiazole rings is 1. The number of nitro benzene ring substituents is 1. The average Bonchev–Trinajstić information content (AvgIpc) is 3.21. The Hall–Kier alpha value is -4.49. The van der Waals surface area contributed by atoms with Crippen LogP contribution in [0.4, 0.5) is 5.69 Å². The molecule has 0 aliphatic carbocycles. The maximum absolute atomic E-state index is 13.8. The highest BCUT2D eigenvalue weighted by atomic mass is 35.5. The fraction of sp³-hybridized carbons (Fsp3) is 0.259. The number of hydrogen-bond donors (Lipinski definition) is 1. The van der Waals surface area contributed by atoms with Gasteiger partial charge in [0.15, 0.2) is 22.9 Å². The number of carbonyl (C=O) groups excluding carboxylic acids is 1. The van der Waals surface area contributed by atoms with Crippen LogP contribution in [0, 0.1) is 17.0 Å². The number of carboxylic acid groups (broad SMARTS) is 1. The molecule has 0 saturated heterocycles. The van der Waals surface area contributed by atoms with Crippen LogP contribution in [0.5, 0.6) is 11.5 Å². The highest BCUT2D eigenvalue weighted by Crippen LogP contribution is 2.37. The summed E-state index contributed by atoms with van der Waals surface area (Å²) in [5, 5.41) is 20.7. The van der Waals surface area contributed by atoms with Crippen molar-refractivity contribution >= 4 is 46.6 Å². The Morgan fingerprint density at radius 3 is 2.63 bits per heavy atom. The van der Waals surface area contributed by atoms with Crippen LogP contribution in [0.15, 0.2) is 51.4 Å². The molecule has 2 aromatic carbocycles. The Morgan fingerprint density at radius 2 is 2.00 bits per heavy atom. The number of nitrogens with zero attached hydrogens (tertiary/aromatic N) is 3. The van der Waals surface area contributed by atoms with Gasteiger partial charge >= 0.3 is 11.9 Å². The highest BCUT2D eigenvalue weighted by Gasteiger charge is 2.34. The summed E-state index contributed by atoms with van der Waals surface area (Å²) >= 11 is 7.39. The minimum Gasteiger partial charge on any atom is -0.493 e. The zero-order chi connectivity index (χ0) is 30.0. The zero-order valence-electron chi connectivity index (χ0n) is 22.3. The number of carbonyl (C=O) groups is 2. The van der Waals surface area contributed by atoms with E-state index in [0.717, 1.165) is 11.3 Å². The largest absolute Gasteiger partial charge is 0.493 e. The molecule has 0 spiro atoms. The summed E-state index contributed by atoms with van der Waals surface area (Å²) in [6.45, 7) is 4.30. The third-order valence-corrected chi connectivity index (χ3v) is 7.42. The first-order valence-electron chi connectivity index (χ1n) is 12.1. The molecule has 41 heavy (non-hydrogen) atoms. The molecule has 3 aromatic rings. The van der Waals surface area contributed by atoms with Crippen molar-refractivity contribution < 1.29 is 33.8 Å². The molecule has 1 N–H and O–H groups in total. The number of carboxylic acids is 1. The van der Waals surface area contributed by atoms with Crippen LogP contribution in [0.25, 0.3) is 6.08 Å². The molecule has 214 valence electrons. The molecule has 4 rings (SSSR count). The van der Waals surface area contributed by atoms with Crippen molar-refractivity contribution in [3.63, 3.8) is 0 Å². The van der Waals surface area contributed by atoms with Gasteiger partial charge in [-0.05, 0) is 50.1 Å². The van der Waals surface area contributed by atoms with Crippen LogP contribution in [0.2, 0.25) is 5.02 Å². The molecule has 0 saturated carbocycles. The Morgan fingerprint density at radius 1 is 1.27 bits per heavy atom. The van der Waals surface area contributed by atoms with Crippen molar-refractivity contribution in [2.24, 2.45) is 4.99 Å². The van der Waals surface area contributed by atoms with Gasteiger partial charge in [-0.25, -0.2) is 14.6 Å². The van der Waals surface area contributed by atoms with E-state index in [0.29, 0.717) is 22.4 Å². The number of rotatable bonds is 9. The summed E-state index contributed by atoms with van der Waals surface area (Å²) in [5.41, 5.74) is 0.960. The smallest absolute Gasteiger partial charge is 0.341 e. The van der Waals surface area contributed by atoms with Gasteiger partial charge in [0.05, 0.1) is 45.5 Å². The van der Waals surface area contributed by atoms with Crippen molar-refractivity contribution in [3.8, 4) is 11.5 Å². The first-order valence-corrected chi connectivity index (χ1v) is 13.3. The molecule has 2 heterocycles.